The summed E-state index contributed by atoms with van der Waals surface area (Å²) in [5, 5.41) is 28.8. The Hall–Kier alpha value is -2.52. The minimum Gasteiger partial charge on any atom is -0.490 e. The summed E-state index contributed by atoms with van der Waals surface area (Å²) < 4.78 is 5.68. The van der Waals surface area contributed by atoms with Crippen LogP contribution < -0.4 is 9.64 Å². The zero-order valence-electron chi connectivity index (χ0n) is 18.9. The number of nitrogens with zero attached hydrogens (tertiary/aromatic N) is 3. The molecule has 0 fully saturated rings. The molecule has 1 amide bonds. The Kier molecular flexibility index (Phi) is 8.80. The Morgan fingerprint density at radius 2 is 1.91 bits per heavy atom. The second-order valence-electron chi connectivity index (χ2n) is 7.77. The number of unbranched alkanes of at least 4 members (excludes halogenated alkanes) is 1. The highest BCUT2D eigenvalue weighted by molar-refractivity contribution is 7.18. The molecule has 2 N–H and O–H groups in total. The summed E-state index contributed by atoms with van der Waals surface area (Å²) in [5.74, 6) is 0.463. The van der Waals surface area contributed by atoms with Crippen molar-refractivity contribution in [1.29, 1.82) is 0 Å². The van der Waals surface area contributed by atoms with E-state index in [1.165, 1.54) is 11.3 Å². The molecule has 0 aliphatic heterocycles. The van der Waals surface area contributed by atoms with Gasteiger partial charge in [0.05, 0.1) is 17.2 Å². The number of hydrogen-bond acceptors (Lipinski definition) is 7. The van der Waals surface area contributed by atoms with E-state index in [1.54, 1.807) is 29.2 Å². The van der Waals surface area contributed by atoms with E-state index >= 15 is 0 Å². The smallest absolute Gasteiger partial charge is 0.261 e. The van der Waals surface area contributed by atoms with E-state index in [2.05, 4.69) is 17.1 Å². The minimum absolute atomic E-state index is 0.0109. The molecule has 0 saturated heterocycles. The molecule has 1 atom stereocenters. The molecule has 1 aromatic heterocycles. The number of aromatic nitrogens is 2. The first-order valence-corrected chi connectivity index (χ1v) is 12.0. The van der Waals surface area contributed by atoms with E-state index in [0.717, 1.165) is 29.5 Å². The van der Waals surface area contributed by atoms with E-state index in [1.807, 2.05) is 26.0 Å². The third-order valence-corrected chi connectivity index (χ3v) is 6.39. The summed E-state index contributed by atoms with van der Waals surface area (Å²) in [6.45, 7) is 6.06. The molecule has 0 spiro atoms. The fourth-order valence-corrected chi connectivity index (χ4v) is 4.43. The predicted molar refractivity (Wildman–Crippen MR) is 131 cm³/mol. The van der Waals surface area contributed by atoms with Crippen LogP contribution in [0.5, 0.6) is 5.75 Å². The summed E-state index contributed by atoms with van der Waals surface area (Å²) in [4.78, 5) is 14.9. The van der Waals surface area contributed by atoms with Crippen LogP contribution in [0, 0.1) is 13.8 Å². The summed E-state index contributed by atoms with van der Waals surface area (Å²) >= 11 is 7.61. The van der Waals surface area contributed by atoms with Gasteiger partial charge < -0.3 is 14.9 Å². The fraction of sp³-hybridized carbons (Fsp3) is 0.375. The Balaban J connectivity index is 1.88. The maximum Gasteiger partial charge on any atom is 0.261 e. The number of aliphatic hydroxyl groups excluding tert-OH is 2. The predicted octanol–water partition coefficient (Wildman–Crippen LogP) is 4.65. The van der Waals surface area contributed by atoms with E-state index in [9.17, 15) is 9.90 Å². The van der Waals surface area contributed by atoms with Gasteiger partial charge in [-0.05, 0) is 55.7 Å². The van der Waals surface area contributed by atoms with Crippen molar-refractivity contribution in [2.75, 3.05) is 24.7 Å². The Morgan fingerprint density at radius 3 is 2.55 bits per heavy atom. The number of rotatable bonds is 10. The van der Waals surface area contributed by atoms with Gasteiger partial charge in [0, 0.05) is 12.1 Å². The van der Waals surface area contributed by atoms with Crippen LogP contribution in [0.2, 0.25) is 5.02 Å². The monoisotopic (exact) mass is 489 g/mol. The zero-order valence-corrected chi connectivity index (χ0v) is 20.5. The van der Waals surface area contributed by atoms with E-state index in [0.29, 0.717) is 33.0 Å². The first kappa shape index (κ1) is 25.1. The largest absolute Gasteiger partial charge is 0.490 e. The van der Waals surface area contributed by atoms with Crippen LogP contribution in [0.25, 0.3) is 10.6 Å². The van der Waals surface area contributed by atoms with Crippen molar-refractivity contribution in [3.63, 3.8) is 0 Å². The molecule has 176 valence electrons. The van der Waals surface area contributed by atoms with Crippen molar-refractivity contribution in [3.8, 4) is 16.3 Å². The first-order valence-electron chi connectivity index (χ1n) is 10.8. The molecule has 7 nitrogen and oxygen atoms in total. The number of halogens is 1. The Bertz CT molecular complexity index is 1080. The number of amides is 1. The van der Waals surface area contributed by atoms with Gasteiger partial charge in [0.25, 0.3) is 5.91 Å². The molecule has 33 heavy (non-hydrogen) atoms. The summed E-state index contributed by atoms with van der Waals surface area (Å²) in [5.41, 5.74) is 3.05. The van der Waals surface area contributed by atoms with Crippen LogP contribution in [0.1, 0.15) is 41.3 Å². The van der Waals surface area contributed by atoms with Gasteiger partial charge in [0.15, 0.2) is 0 Å². The molecule has 0 saturated carbocycles. The topological polar surface area (TPSA) is 95.8 Å². The van der Waals surface area contributed by atoms with Crippen LogP contribution >= 0.6 is 22.9 Å². The van der Waals surface area contributed by atoms with Crippen LogP contribution in [-0.4, -0.2) is 52.2 Å². The summed E-state index contributed by atoms with van der Waals surface area (Å²) in [6, 6.07) is 10.9. The number of ether oxygens (including phenoxy) is 1. The highest BCUT2D eigenvalue weighted by Crippen LogP contribution is 2.34. The standard InChI is InChI=1S/C24H28ClN3O4S/c1-4-5-10-28(23(31)19-8-6-7-9-20(19)25)24-27-26-22(33-24)17-11-15(2)21(16(3)12-17)32-14-18(30)13-29/h6-9,11-12,18,29-30H,4-5,10,13-14H2,1-3H3. The van der Waals surface area contributed by atoms with E-state index in [4.69, 9.17) is 21.4 Å². The van der Waals surface area contributed by atoms with Crippen molar-refractivity contribution >= 4 is 34.0 Å². The Morgan fingerprint density at radius 1 is 1.21 bits per heavy atom. The molecule has 0 bridgehead atoms. The van der Waals surface area contributed by atoms with Crippen molar-refractivity contribution < 1.29 is 19.7 Å². The summed E-state index contributed by atoms with van der Waals surface area (Å²) in [7, 11) is 0. The van der Waals surface area contributed by atoms with Gasteiger partial charge in [0.1, 0.15) is 23.5 Å². The number of anilines is 1. The van der Waals surface area contributed by atoms with Crippen LogP contribution in [-0.2, 0) is 0 Å². The van der Waals surface area contributed by atoms with E-state index < -0.39 is 6.10 Å². The Labute approximate surface area is 202 Å². The number of hydrogen-bond donors (Lipinski definition) is 2. The summed E-state index contributed by atoms with van der Waals surface area (Å²) in [6.07, 6.45) is 0.830. The molecule has 9 heteroatoms. The highest BCUT2D eigenvalue weighted by atomic mass is 35.5. The molecule has 0 aliphatic carbocycles. The number of carbonyl (C=O) groups excluding carboxylic acids is 1. The van der Waals surface area contributed by atoms with Gasteiger partial charge in [-0.15, -0.1) is 10.2 Å². The molecular formula is C24H28ClN3O4S. The first-order chi connectivity index (χ1) is 15.8. The van der Waals surface area contributed by atoms with Gasteiger partial charge in [0.2, 0.25) is 5.13 Å². The molecule has 0 aliphatic rings. The molecule has 0 radical (unpaired) electrons. The lowest BCUT2D eigenvalue weighted by Gasteiger charge is -2.19. The molecule has 3 aromatic rings. The third-order valence-electron chi connectivity index (χ3n) is 5.07. The normalized spacial score (nSPS) is 11.9. The lowest BCUT2D eigenvalue weighted by Crippen LogP contribution is -2.32. The lowest BCUT2D eigenvalue weighted by molar-refractivity contribution is 0.0532. The van der Waals surface area contributed by atoms with Crippen molar-refractivity contribution in [3.05, 3.63) is 58.1 Å². The molecule has 2 aromatic carbocycles. The van der Waals surface area contributed by atoms with Crippen LogP contribution in [0.15, 0.2) is 36.4 Å². The van der Waals surface area contributed by atoms with E-state index in [-0.39, 0.29) is 19.1 Å². The van der Waals surface area contributed by atoms with Crippen molar-refractivity contribution in [2.24, 2.45) is 0 Å². The van der Waals surface area contributed by atoms with Gasteiger partial charge in [-0.2, -0.15) is 0 Å². The average Bonchev–Trinajstić information content (AvgIpc) is 3.28. The molecule has 1 heterocycles. The van der Waals surface area contributed by atoms with Crippen LogP contribution in [0.4, 0.5) is 5.13 Å². The van der Waals surface area contributed by atoms with Crippen LogP contribution in [0.3, 0.4) is 0 Å². The van der Waals surface area contributed by atoms with Gasteiger partial charge in [-0.1, -0.05) is 48.4 Å². The second-order valence-corrected chi connectivity index (χ2v) is 9.13. The molecule has 1 unspecified atom stereocenters. The SMILES string of the molecule is CCCCN(C(=O)c1ccccc1Cl)c1nnc(-c2cc(C)c(OCC(O)CO)c(C)c2)s1. The highest BCUT2D eigenvalue weighted by Gasteiger charge is 2.23. The number of benzene rings is 2. The molecular weight excluding hydrogens is 462 g/mol. The van der Waals surface area contributed by atoms with Crippen molar-refractivity contribution in [2.45, 2.75) is 39.7 Å². The number of aryl methyl sites for hydroxylation is 2. The fourth-order valence-electron chi connectivity index (χ4n) is 3.36. The van der Waals surface area contributed by atoms with Gasteiger partial charge in [-0.25, -0.2) is 0 Å². The average molecular weight is 490 g/mol. The lowest BCUT2D eigenvalue weighted by atomic mass is 10.1. The maximum atomic E-state index is 13.2. The zero-order chi connectivity index (χ0) is 24.0. The third kappa shape index (κ3) is 6.09. The number of aliphatic hydroxyl groups is 2. The van der Waals surface area contributed by atoms with Crippen molar-refractivity contribution in [1.82, 2.24) is 10.2 Å². The quantitative estimate of drug-likeness (QED) is 0.430. The second kappa shape index (κ2) is 11.6. The minimum atomic E-state index is -0.932. The van der Waals surface area contributed by atoms with Gasteiger partial charge >= 0.3 is 0 Å². The van der Waals surface area contributed by atoms with Gasteiger partial charge in [-0.3, -0.25) is 9.69 Å². The number of carbonyl (C=O) groups is 1. The maximum absolute atomic E-state index is 13.2. The molecule has 3 rings (SSSR count).